The second-order valence-electron chi connectivity index (χ2n) is 15.3. The van der Waals surface area contributed by atoms with Crippen LogP contribution >= 0.6 is 24.8 Å². The zero-order valence-corrected chi connectivity index (χ0v) is 35.0. The molecule has 1 saturated carbocycles. The van der Waals surface area contributed by atoms with Gasteiger partial charge in [-0.2, -0.15) is 4.90 Å². The fraction of sp³-hybridized carbons (Fsp3) is 0.600. The van der Waals surface area contributed by atoms with Crippen molar-refractivity contribution in [2.24, 2.45) is 40.5 Å². The number of halogens is 2. The molecule has 1 saturated heterocycles. The van der Waals surface area contributed by atoms with Gasteiger partial charge < -0.3 is 49.0 Å². The Morgan fingerprint density at radius 3 is 2.29 bits per heavy atom. The minimum atomic E-state index is -1.39. The smallest absolute Gasteiger partial charge is 0.334 e. The molecule has 1 aromatic carbocycles. The van der Waals surface area contributed by atoms with Gasteiger partial charge in [0.15, 0.2) is 5.78 Å². The average molecular weight is 866 g/mol. The van der Waals surface area contributed by atoms with Crippen LogP contribution in [0.4, 0.5) is 4.79 Å². The van der Waals surface area contributed by atoms with Crippen LogP contribution in [0, 0.1) is 11.8 Å². The molecule has 1 aromatic heterocycles. The molecule has 4 rings (SSSR count). The minimum Gasteiger partial charge on any atom is -0.391 e. The van der Waals surface area contributed by atoms with E-state index in [-0.39, 0.29) is 69.2 Å². The maximum absolute atomic E-state index is 14.6. The van der Waals surface area contributed by atoms with Crippen LogP contribution < -0.4 is 34.0 Å². The van der Waals surface area contributed by atoms with Gasteiger partial charge in [0.2, 0.25) is 11.8 Å². The number of carbonyl (C=O) groups excluding carboxylic acids is 6. The number of benzene rings is 1. The Kier molecular flexibility index (Phi) is 22.1. The van der Waals surface area contributed by atoms with Gasteiger partial charge in [0.25, 0.3) is 5.91 Å². The van der Waals surface area contributed by atoms with Gasteiger partial charge in [0, 0.05) is 37.3 Å². The Balaban J connectivity index is 0.00000600. The van der Waals surface area contributed by atoms with Gasteiger partial charge in [0.05, 0.1) is 54.6 Å². The molecule has 5 amide bonds. The molecule has 17 nitrogen and oxygen atoms in total. The van der Waals surface area contributed by atoms with E-state index in [2.05, 4.69) is 15.3 Å². The number of aliphatic hydroxyl groups is 1. The van der Waals surface area contributed by atoms with Gasteiger partial charge in [-0.05, 0) is 50.1 Å². The van der Waals surface area contributed by atoms with Crippen LogP contribution in [0.15, 0.2) is 48.4 Å². The van der Waals surface area contributed by atoms with E-state index in [1.807, 2.05) is 36.3 Å². The number of hydrogen-bond donors (Lipinski definition) is 8. The average Bonchev–Trinajstić information content (AvgIpc) is 3.73. The number of aromatic nitrogens is 2. The summed E-state index contributed by atoms with van der Waals surface area (Å²) in [6.45, 7) is -0.226. The zero-order chi connectivity index (χ0) is 41.5. The van der Waals surface area contributed by atoms with Crippen molar-refractivity contribution in [2.45, 2.75) is 120 Å². The summed E-state index contributed by atoms with van der Waals surface area (Å²) in [6.07, 6.45) is 7.69. The normalized spacial score (nSPS) is 19.4. The van der Waals surface area contributed by atoms with E-state index in [0.29, 0.717) is 42.3 Å². The Morgan fingerprint density at radius 1 is 0.983 bits per heavy atom. The van der Waals surface area contributed by atoms with Crippen LogP contribution in [-0.2, 0) is 36.8 Å². The van der Waals surface area contributed by atoms with Crippen molar-refractivity contribution >= 4 is 60.3 Å². The lowest BCUT2D eigenvalue weighted by Crippen LogP contribution is -2.63. The summed E-state index contributed by atoms with van der Waals surface area (Å²) in [5.74, 6) is -2.57. The minimum absolute atomic E-state index is 0. The zero-order valence-electron chi connectivity index (χ0n) is 33.4. The first-order chi connectivity index (χ1) is 27.4. The number of amides is 5. The number of rotatable bonds is 19. The summed E-state index contributed by atoms with van der Waals surface area (Å²) >= 11 is 0. The molecular formula is C40H62Cl2N10O7. The Hall–Kier alpha value is -4.03. The number of carbonyl (C=O) groups is 5. The number of unbranched alkanes of at least 4 members (excludes halogenated alkanes) is 1. The van der Waals surface area contributed by atoms with Crippen LogP contribution in [0.3, 0.4) is 0 Å². The van der Waals surface area contributed by atoms with Gasteiger partial charge in [0.1, 0.15) is 5.94 Å². The number of nitrogens with zero attached hydrogens (tertiary/aromatic N) is 3. The summed E-state index contributed by atoms with van der Waals surface area (Å²) in [5, 5.41) is 13.8. The van der Waals surface area contributed by atoms with Crippen molar-refractivity contribution in [2.75, 3.05) is 19.6 Å². The monoisotopic (exact) mass is 864 g/mol. The first-order valence-corrected chi connectivity index (χ1v) is 20.0. The molecule has 2 aliphatic rings. The molecule has 19 heteroatoms. The van der Waals surface area contributed by atoms with Crippen molar-refractivity contribution in [3.63, 3.8) is 0 Å². The Morgan fingerprint density at radius 2 is 1.68 bits per heavy atom. The molecule has 1 aliphatic carbocycles. The van der Waals surface area contributed by atoms with Crippen LogP contribution in [0.2, 0.25) is 0 Å². The Labute approximate surface area is 357 Å². The van der Waals surface area contributed by atoms with Crippen molar-refractivity contribution in [1.82, 2.24) is 25.1 Å². The number of imide groups is 3. The highest BCUT2D eigenvalue weighted by Gasteiger charge is 2.47. The van der Waals surface area contributed by atoms with Gasteiger partial charge in [-0.15, -0.1) is 24.8 Å². The molecule has 0 bridgehead atoms. The number of Topliss-reactive ketones (excluding diaryl/α,β-unsaturated/α-hetero) is 1. The highest BCUT2D eigenvalue weighted by atomic mass is 35.5. The number of nitrogens with one attached hydrogen (secondary N) is 2. The largest absolute Gasteiger partial charge is 0.391 e. The van der Waals surface area contributed by atoms with Crippen LogP contribution in [0.5, 0.6) is 0 Å². The first kappa shape index (κ1) is 51.1. The van der Waals surface area contributed by atoms with Crippen LogP contribution in [0.25, 0.3) is 0 Å². The van der Waals surface area contributed by atoms with Crippen LogP contribution in [0.1, 0.15) is 81.9 Å². The maximum Gasteiger partial charge on any atom is 0.334 e. The lowest BCUT2D eigenvalue weighted by molar-refractivity contribution is -0.144. The number of ketones is 1. The number of hydrogen-bond acceptors (Lipinski definition) is 13. The number of aliphatic hydroxyl groups excluding tert-OH is 1. The second-order valence-corrected chi connectivity index (χ2v) is 15.3. The molecule has 2 aromatic rings. The number of urea groups is 1. The van der Waals surface area contributed by atoms with Gasteiger partial charge in [-0.25, -0.2) is 14.6 Å². The first-order valence-electron chi connectivity index (χ1n) is 20.0. The lowest BCUT2D eigenvalue weighted by Gasteiger charge is -2.43. The van der Waals surface area contributed by atoms with E-state index < -0.39 is 78.2 Å². The Bertz CT molecular complexity index is 1690. The predicted molar refractivity (Wildman–Crippen MR) is 227 cm³/mol. The topological polar surface area (TPSA) is 300 Å². The summed E-state index contributed by atoms with van der Waals surface area (Å²) in [6, 6.07) is 2.37. The number of piperidine rings is 1. The lowest BCUT2D eigenvalue weighted by atomic mass is 9.79. The molecule has 1 aliphatic heterocycles. The summed E-state index contributed by atoms with van der Waals surface area (Å²) in [5.41, 5.74) is 32.0. The van der Waals surface area contributed by atoms with E-state index in [4.69, 9.17) is 28.7 Å². The molecule has 13 N–H and O–H groups in total. The molecule has 2 heterocycles. The quantitative estimate of drug-likeness (QED) is 0.0717. The number of aromatic amines is 1. The number of H-pyrrole nitrogens is 1. The van der Waals surface area contributed by atoms with Gasteiger partial charge >= 0.3 is 6.03 Å². The van der Waals surface area contributed by atoms with Crippen molar-refractivity contribution in [3.8, 4) is 0 Å². The molecule has 2 fully saturated rings. The predicted octanol–water partition coefficient (Wildman–Crippen LogP) is 0.807. The van der Waals surface area contributed by atoms with E-state index in [1.54, 1.807) is 6.20 Å². The van der Waals surface area contributed by atoms with Crippen molar-refractivity contribution < 1.29 is 33.9 Å². The molecule has 0 radical (unpaired) electrons. The summed E-state index contributed by atoms with van der Waals surface area (Å²) in [7, 11) is 0. The van der Waals surface area contributed by atoms with Gasteiger partial charge in [-0.1, -0.05) is 68.9 Å². The summed E-state index contributed by atoms with van der Waals surface area (Å²) in [4.78, 5) is 91.5. The molecule has 0 spiro atoms. The highest BCUT2D eigenvalue weighted by Crippen LogP contribution is 2.31. The number of nitrogens with two attached hydrogens (primary N) is 5. The fourth-order valence-corrected chi connectivity index (χ4v) is 7.88. The fourth-order valence-electron chi connectivity index (χ4n) is 7.88. The standard InChI is InChI=1S/C40H60N10O7.2ClH/c41-15-8-7-13-29(43)39(56)50(35(53)20-34(52)30(44)17-25-9-3-1-4-10-25)40(57)49-16-14-27(23-51)36(33(49)21-42)37(54)32(19-28-22-46-24-47-28)48-38(55)31(45)18-26-11-5-2-6-12-26;;/h2,5-6,11-12,22,24-25,29-34,36,52H,1,3-4,7-10,13-21,41-45H2,(H,46,47)(H,48,55);2*1H/t29-,30-,31-,32-,33?,34?,36-;;/m0../s1. The third-order valence-electron chi connectivity index (χ3n) is 11.1. The van der Waals surface area contributed by atoms with E-state index in [1.165, 1.54) is 6.33 Å². The number of imidazole rings is 1. The third-order valence-corrected chi connectivity index (χ3v) is 11.1. The van der Waals surface area contributed by atoms with Crippen molar-refractivity contribution in [1.29, 1.82) is 0 Å². The summed E-state index contributed by atoms with van der Waals surface area (Å²) < 4.78 is 0. The van der Waals surface area contributed by atoms with E-state index >= 15 is 0 Å². The van der Waals surface area contributed by atoms with E-state index in [9.17, 15) is 33.9 Å². The molecular weight excluding hydrogens is 803 g/mol. The highest BCUT2D eigenvalue weighted by molar-refractivity contribution is 6.12. The van der Waals surface area contributed by atoms with Crippen molar-refractivity contribution in [3.05, 3.63) is 59.7 Å². The molecule has 2 unspecified atom stereocenters. The van der Waals surface area contributed by atoms with Gasteiger partial charge in [-0.3, -0.25) is 19.2 Å². The maximum atomic E-state index is 14.6. The molecule has 59 heavy (non-hydrogen) atoms. The molecule has 7 atom stereocenters. The third kappa shape index (κ3) is 14.3. The number of likely N-dealkylation sites (tertiary alicyclic amines) is 1. The SMILES string of the molecule is Cl.Cl.NCCCC[C@H](N)C(=O)N(C(=O)CC(O)[C@@H](N)CC1CCCCC1)C(=O)N1CCC(=C=O)[C@H](C(=O)[C@H](Cc2c[nH]cn2)NC(=O)[C@@H](N)Cc2ccccc2)C1CN. The van der Waals surface area contributed by atoms with E-state index in [0.717, 1.165) is 42.6 Å². The van der Waals surface area contributed by atoms with Crippen LogP contribution in [-0.4, -0.2) is 116 Å². The molecule has 328 valence electrons. The second kappa shape index (κ2) is 25.6.